The Hall–Kier alpha value is -10.5. The summed E-state index contributed by atoms with van der Waals surface area (Å²) >= 11 is 14.1. The van der Waals surface area contributed by atoms with Crippen LogP contribution in [0.3, 0.4) is 0 Å². The van der Waals surface area contributed by atoms with Crippen LogP contribution in [0.15, 0.2) is 103 Å². The standard InChI is InChI=1S/C77H90Cl2N8O27/c1-32(2)8-19-57(94)84-63-64(96)39-15-18-51(45(79)22-39)112-53-24-40-23-52(67(53)114-76-68(66(98)65(97)55(30-88)113-76)110-35(5)109-34(4)69(99)77(6,7)82-29-54(74(104)105)108-31-36-11-9-33(3)10-12-36)111-50-17-14-37(21-44(50)78)48(91)28-58(95)85-62(75(106)107)43-25-41(89)26-49(92)59(43)42-20-38(13-16-47(42)90)60(70(81)100)86-72(102)61(40)87-71(101)46(27-56(80)93)83-73(63)103/h9-18,20-26,32,34-35,46,48,54-55,60-66,68-69,76,82,88-92,96-99H,8,19,27-31H2,1-7H3,(H2,80,93)(H2,81,100)(H,83,103)(H,84,94)(H,85,95)(H,86,102)(H,87,101)(H,104,105)(H,106,107)/t34?,35?,46-,48-,54?,55?,60+,61+,62+,63?,64+,65?,66?,68?,69?,76?/m0/s1. The van der Waals surface area contributed by atoms with E-state index in [0.29, 0.717) is 12.0 Å². The summed E-state index contributed by atoms with van der Waals surface area (Å²) in [5.41, 5.74) is 9.23. The van der Waals surface area contributed by atoms with E-state index >= 15 is 9.59 Å². The lowest BCUT2D eigenvalue weighted by atomic mass is 9.90. The van der Waals surface area contributed by atoms with Gasteiger partial charge in [0, 0.05) is 41.3 Å². The van der Waals surface area contributed by atoms with Crippen LogP contribution in [-0.4, -0.2) is 196 Å². The number of fused-ring (bicyclic) bond motifs is 16. The van der Waals surface area contributed by atoms with Crippen LogP contribution in [-0.2, 0) is 68.7 Å². The molecule has 0 saturated carbocycles. The number of carbonyl (C=O) groups excluding carboxylic acids is 7. The van der Waals surface area contributed by atoms with E-state index in [4.69, 9.17) is 67.8 Å². The molecule has 6 aromatic rings. The number of phenolic OH excluding ortho intramolecular Hbond substituents is 3. The average Bonchev–Trinajstić information content (AvgIpc) is 0.771. The number of aliphatic carboxylic acids is 2. The van der Waals surface area contributed by atoms with Crippen LogP contribution in [0, 0.1) is 12.8 Å². The van der Waals surface area contributed by atoms with E-state index in [0.717, 1.165) is 72.3 Å². The zero-order chi connectivity index (χ0) is 83.6. The van der Waals surface area contributed by atoms with E-state index < -0.39 is 249 Å². The first-order chi connectivity index (χ1) is 53.7. The molecule has 1 fully saturated rings. The fourth-order valence-electron chi connectivity index (χ4n) is 12.8. The van der Waals surface area contributed by atoms with Crippen LogP contribution < -0.4 is 57.6 Å². The van der Waals surface area contributed by atoms with E-state index in [-0.39, 0.29) is 47.9 Å². The maximum Gasteiger partial charge on any atom is 0.334 e. The van der Waals surface area contributed by atoms with Crippen molar-refractivity contribution in [3.63, 3.8) is 0 Å². The highest BCUT2D eigenvalue weighted by Crippen LogP contribution is 2.50. The van der Waals surface area contributed by atoms with Gasteiger partial charge in [0.25, 0.3) is 0 Å². The minimum atomic E-state index is -2.35. The highest BCUT2D eigenvalue weighted by molar-refractivity contribution is 6.32. The minimum absolute atomic E-state index is 0.0349. The number of halogens is 2. The summed E-state index contributed by atoms with van der Waals surface area (Å²) in [7, 11) is 0. The van der Waals surface area contributed by atoms with E-state index in [1.54, 1.807) is 26.0 Å². The molecule has 1 saturated heterocycles. The van der Waals surface area contributed by atoms with Crippen molar-refractivity contribution in [2.45, 2.75) is 184 Å². The van der Waals surface area contributed by atoms with Gasteiger partial charge in [0.2, 0.25) is 53.4 Å². The molecule has 21 N–H and O–H groups in total. The van der Waals surface area contributed by atoms with E-state index in [9.17, 15) is 89.7 Å². The van der Waals surface area contributed by atoms with E-state index in [1.807, 2.05) is 32.9 Å². The fourth-order valence-corrected chi connectivity index (χ4v) is 13.3. The SMILES string of the molecule is Cc1ccc(COC(CNC(C)(C)C(O)C(C)OC(C)OC2C(Oc3c4cc5cc3Oc3ccc(cc3Cl)[C@@H](O)CC(=O)N[C@@H](C(=O)O)c3cc(O)cc(O)c3-c3cc(ccc3O)[C@H](C(N)=O)NC(=O)[C@@H]5NC(=O)[C@H](CC(N)=O)NC(=O)C(NC(=O)CCC(C)C)[C@H](O)c3ccc(c(Cl)c3)O4)OC(CO)C(O)C2O)C(=O)O)cc1. The van der Waals surface area contributed by atoms with Crippen LogP contribution in [0.25, 0.3) is 11.1 Å². The van der Waals surface area contributed by atoms with Crippen molar-refractivity contribution in [1.29, 1.82) is 0 Å². The Labute approximate surface area is 661 Å². The molecule has 0 spiro atoms. The van der Waals surface area contributed by atoms with Crippen molar-refractivity contribution in [2.75, 3.05) is 13.2 Å². The predicted molar refractivity (Wildman–Crippen MR) is 401 cm³/mol. The number of primary amides is 2. The second kappa shape index (κ2) is 37.6. The van der Waals surface area contributed by atoms with Gasteiger partial charge in [0.05, 0.1) is 54.4 Å². The zero-order valence-corrected chi connectivity index (χ0v) is 64.0. The molecule has 9 bridgehead atoms. The number of phenols is 3. The summed E-state index contributed by atoms with van der Waals surface area (Å²) in [6.45, 7) is 10.0. The lowest BCUT2D eigenvalue weighted by Gasteiger charge is -2.43. The zero-order valence-electron chi connectivity index (χ0n) is 62.4. The van der Waals surface area contributed by atoms with Crippen molar-refractivity contribution >= 4 is 76.5 Å². The van der Waals surface area contributed by atoms with Crippen molar-refractivity contribution in [3.8, 4) is 57.1 Å². The maximum absolute atomic E-state index is 15.8. The van der Waals surface area contributed by atoms with Gasteiger partial charge in [-0.15, -0.1) is 0 Å². The molecule has 0 radical (unpaired) electrons. The highest BCUT2D eigenvalue weighted by Gasteiger charge is 2.49. The van der Waals surface area contributed by atoms with Gasteiger partial charge < -0.3 is 133 Å². The molecule has 614 valence electrons. The molecule has 35 nitrogen and oxygen atoms in total. The number of carboxylic acids is 2. The number of hydrogen-bond donors (Lipinski definition) is 19. The lowest BCUT2D eigenvalue weighted by Crippen LogP contribution is -2.62. The number of rotatable bonds is 24. The van der Waals surface area contributed by atoms with Gasteiger partial charge in [0.1, 0.15) is 77.3 Å². The molecule has 7 amide bonds. The summed E-state index contributed by atoms with van der Waals surface area (Å²) < 4.78 is 44.3. The summed E-state index contributed by atoms with van der Waals surface area (Å²) in [4.78, 5) is 126. The summed E-state index contributed by atoms with van der Waals surface area (Å²) in [5.74, 6) is -17.2. The van der Waals surface area contributed by atoms with Crippen LogP contribution in [0.5, 0.6) is 46.0 Å². The molecule has 5 aliphatic heterocycles. The molecule has 114 heavy (non-hydrogen) atoms. The Kier molecular flexibility index (Phi) is 28.9. The quantitative estimate of drug-likeness (QED) is 0.0385. The molecule has 6 aromatic carbocycles. The number of amides is 7. The van der Waals surface area contributed by atoms with Crippen molar-refractivity contribution in [2.24, 2.45) is 17.4 Å². The fraction of sp³-hybridized carbons (Fsp3) is 0.416. The van der Waals surface area contributed by atoms with E-state index in [1.165, 1.54) is 26.0 Å². The molecule has 5 heterocycles. The second-order valence-electron chi connectivity index (χ2n) is 28.6. The maximum atomic E-state index is 15.8. The Morgan fingerprint density at radius 3 is 1.94 bits per heavy atom. The number of hydrogen-bond acceptors (Lipinski definition) is 26. The predicted octanol–water partition coefficient (Wildman–Crippen LogP) is 3.53. The molecule has 16 atom stereocenters. The molecular weight excluding hydrogens is 1540 g/mol. The van der Waals surface area contributed by atoms with Gasteiger partial charge >= 0.3 is 11.9 Å². The van der Waals surface area contributed by atoms with Gasteiger partial charge in [-0.3, -0.25) is 33.6 Å². The van der Waals surface area contributed by atoms with Crippen LogP contribution in [0.4, 0.5) is 0 Å². The van der Waals surface area contributed by atoms with Crippen molar-refractivity contribution in [1.82, 2.24) is 31.9 Å². The molecular formula is C77H90Cl2N8O27. The van der Waals surface area contributed by atoms with Gasteiger partial charge in [-0.2, -0.15) is 0 Å². The third-order valence-corrected chi connectivity index (χ3v) is 19.7. The number of ether oxygens (including phenoxy) is 7. The minimum Gasteiger partial charge on any atom is -0.508 e. The van der Waals surface area contributed by atoms with Gasteiger partial charge in [-0.1, -0.05) is 85.1 Å². The smallest absolute Gasteiger partial charge is 0.334 e. The number of aryl methyl sites for hydroxylation is 1. The largest absolute Gasteiger partial charge is 0.508 e. The molecule has 5 aliphatic rings. The Morgan fingerprint density at radius 1 is 0.711 bits per heavy atom. The number of benzene rings is 6. The van der Waals surface area contributed by atoms with E-state index in [2.05, 4.69) is 31.9 Å². The molecule has 0 aliphatic carbocycles. The number of carboxylic acid groups (broad SMARTS) is 2. The summed E-state index contributed by atoms with van der Waals surface area (Å²) in [6, 6.07) is 9.72. The topological polar surface area (TPSA) is 565 Å². The number of aromatic hydroxyl groups is 3. The summed E-state index contributed by atoms with van der Waals surface area (Å²) in [6.07, 6.45) is -21.4. The average molecular weight is 1630 g/mol. The van der Waals surface area contributed by atoms with Gasteiger partial charge in [0.15, 0.2) is 36.0 Å². The molecule has 0 aromatic heterocycles. The first-order valence-electron chi connectivity index (χ1n) is 35.8. The Morgan fingerprint density at radius 2 is 1.34 bits per heavy atom. The molecule has 11 rings (SSSR count). The number of aliphatic hydroxyl groups excluding tert-OH is 6. The third-order valence-electron chi connectivity index (χ3n) is 19.1. The molecule has 37 heteroatoms. The Balaban J connectivity index is 1.23. The third kappa shape index (κ3) is 21.5. The normalized spacial score (nSPS) is 23.3. The second-order valence-corrected chi connectivity index (χ2v) is 29.5. The number of aliphatic hydroxyl groups is 6. The summed E-state index contributed by atoms with van der Waals surface area (Å²) in [5, 5.41) is 139. The van der Waals surface area contributed by atoms with Crippen LogP contribution in [0.1, 0.15) is 137 Å². The monoisotopic (exact) mass is 1630 g/mol. The van der Waals surface area contributed by atoms with Crippen LogP contribution in [0.2, 0.25) is 10.0 Å². The Bertz CT molecular complexity index is 4570. The first kappa shape index (κ1) is 87.5. The molecule has 10 unspecified atom stereocenters. The number of nitrogens with two attached hydrogens (primary N) is 2. The van der Waals surface area contributed by atoms with Crippen molar-refractivity contribution < 1.29 is 132 Å². The number of carbonyl (C=O) groups is 9. The number of nitrogens with one attached hydrogen (secondary N) is 6. The van der Waals surface area contributed by atoms with Crippen LogP contribution >= 0.6 is 23.2 Å². The van der Waals surface area contributed by atoms with Gasteiger partial charge in [-0.25, -0.2) is 9.59 Å². The van der Waals surface area contributed by atoms with Gasteiger partial charge in [-0.05, 0) is 129 Å². The van der Waals surface area contributed by atoms with Crippen molar-refractivity contribution in [3.05, 3.63) is 152 Å². The highest BCUT2D eigenvalue weighted by atomic mass is 35.5. The lowest BCUT2D eigenvalue weighted by molar-refractivity contribution is -0.320. The first-order valence-corrected chi connectivity index (χ1v) is 36.6.